The third-order valence-corrected chi connectivity index (χ3v) is 6.72. The second-order valence-electron chi connectivity index (χ2n) is 10.9. The molecule has 1 aromatic carbocycles. The number of hydrogen-bond acceptors (Lipinski definition) is 5. The van der Waals surface area contributed by atoms with E-state index in [9.17, 15) is 9.59 Å². The molecule has 7 nitrogen and oxygen atoms in total. The molecule has 31 heavy (non-hydrogen) atoms. The van der Waals surface area contributed by atoms with Crippen LogP contribution in [0.5, 0.6) is 0 Å². The van der Waals surface area contributed by atoms with Crippen molar-refractivity contribution in [1.82, 2.24) is 15.4 Å². The van der Waals surface area contributed by atoms with Crippen molar-refractivity contribution < 1.29 is 18.8 Å². The number of nitrogens with zero attached hydrogens (tertiary/aromatic N) is 2. The lowest BCUT2D eigenvalue weighted by Crippen LogP contribution is -2.44. The van der Waals surface area contributed by atoms with E-state index in [1.807, 2.05) is 46.8 Å². The molecule has 1 N–H and O–H groups in total. The first-order valence-corrected chi connectivity index (χ1v) is 11.2. The summed E-state index contributed by atoms with van der Waals surface area (Å²) in [6, 6.07) is 6.18. The summed E-state index contributed by atoms with van der Waals surface area (Å²) in [5.41, 5.74) is 1.67. The zero-order valence-electron chi connectivity index (χ0n) is 18.9. The normalized spacial score (nSPS) is 25.5. The van der Waals surface area contributed by atoms with Crippen LogP contribution in [-0.2, 0) is 15.1 Å². The Balaban J connectivity index is 1.24. The van der Waals surface area contributed by atoms with Gasteiger partial charge in [-0.25, -0.2) is 4.79 Å². The number of ether oxygens (including phenoxy) is 1. The number of amides is 2. The van der Waals surface area contributed by atoms with Crippen molar-refractivity contribution in [3.8, 4) is 0 Å². The number of carbonyl (C=O) groups is 2. The molecule has 3 fully saturated rings. The van der Waals surface area contributed by atoms with Crippen LogP contribution in [0.2, 0.25) is 0 Å². The third kappa shape index (κ3) is 3.68. The summed E-state index contributed by atoms with van der Waals surface area (Å²) in [4.78, 5) is 27.1. The van der Waals surface area contributed by atoms with Crippen molar-refractivity contribution >= 4 is 23.0 Å². The Hall–Kier alpha value is -2.57. The molecular formula is C24H31N3O4. The molecular weight excluding hydrogens is 394 g/mol. The summed E-state index contributed by atoms with van der Waals surface area (Å²) >= 11 is 0. The van der Waals surface area contributed by atoms with E-state index in [4.69, 9.17) is 9.26 Å². The van der Waals surface area contributed by atoms with Gasteiger partial charge in [-0.3, -0.25) is 4.79 Å². The van der Waals surface area contributed by atoms with Gasteiger partial charge in [0, 0.05) is 30.0 Å². The predicted octanol–water partition coefficient (Wildman–Crippen LogP) is 4.17. The highest BCUT2D eigenvalue weighted by atomic mass is 16.6. The molecule has 2 saturated carbocycles. The van der Waals surface area contributed by atoms with E-state index in [2.05, 4.69) is 16.5 Å². The molecule has 166 valence electrons. The van der Waals surface area contributed by atoms with Crippen molar-refractivity contribution in [3.05, 3.63) is 29.5 Å². The molecule has 2 amide bonds. The maximum Gasteiger partial charge on any atom is 0.410 e. The number of likely N-dealkylation sites (tertiary alicyclic amines) is 1. The zero-order valence-corrected chi connectivity index (χ0v) is 18.9. The van der Waals surface area contributed by atoms with Gasteiger partial charge >= 0.3 is 6.09 Å². The summed E-state index contributed by atoms with van der Waals surface area (Å²) < 4.78 is 11.2. The van der Waals surface area contributed by atoms with Crippen LogP contribution in [0.15, 0.2) is 22.7 Å². The number of aromatic nitrogens is 1. The van der Waals surface area contributed by atoms with Gasteiger partial charge in [-0.05, 0) is 71.3 Å². The molecule has 0 radical (unpaired) electrons. The fourth-order valence-corrected chi connectivity index (χ4v) is 4.99. The van der Waals surface area contributed by atoms with Crippen LogP contribution in [0.25, 0.3) is 11.0 Å². The van der Waals surface area contributed by atoms with Gasteiger partial charge in [-0.1, -0.05) is 17.3 Å². The zero-order chi connectivity index (χ0) is 22.1. The minimum atomic E-state index is -0.647. The Bertz CT molecular complexity index is 1030. The van der Waals surface area contributed by atoms with Crippen molar-refractivity contribution in [2.75, 3.05) is 13.1 Å². The van der Waals surface area contributed by atoms with E-state index in [1.54, 1.807) is 4.90 Å². The van der Waals surface area contributed by atoms with Gasteiger partial charge in [0.2, 0.25) is 5.91 Å². The lowest BCUT2D eigenvalue weighted by atomic mass is 9.95. The van der Waals surface area contributed by atoms with Gasteiger partial charge in [0.1, 0.15) is 11.3 Å². The van der Waals surface area contributed by atoms with E-state index in [0.29, 0.717) is 19.0 Å². The van der Waals surface area contributed by atoms with Gasteiger partial charge in [0.15, 0.2) is 5.58 Å². The summed E-state index contributed by atoms with van der Waals surface area (Å²) in [7, 11) is 0. The predicted molar refractivity (Wildman–Crippen MR) is 115 cm³/mol. The largest absolute Gasteiger partial charge is 0.444 e. The number of benzene rings is 1. The van der Waals surface area contributed by atoms with Crippen LogP contribution in [0.4, 0.5) is 4.79 Å². The Morgan fingerprint density at radius 3 is 2.42 bits per heavy atom. The standard InChI is InChI=1S/C24H31N3O4/c1-23(2,3)30-22(29)27-11-16-17(12-27)18(16)21(28)25-24(4,5)20-15-8-6-7-14(13-9-10-13)19(15)31-26-20/h6-8,13,16-18H,9-12H2,1-5H3,(H,25,28)/t16-,17+,18?. The fraction of sp³-hybridized carbons (Fsp3) is 0.625. The summed E-state index contributed by atoms with van der Waals surface area (Å²) in [6.45, 7) is 10.7. The third-order valence-electron chi connectivity index (χ3n) is 6.72. The van der Waals surface area contributed by atoms with E-state index in [1.165, 1.54) is 18.4 Å². The number of piperidine rings is 1. The van der Waals surface area contributed by atoms with Crippen molar-refractivity contribution in [2.45, 2.75) is 64.5 Å². The highest BCUT2D eigenvalue weighted by Crippen LogP contribution is 2.52. The number of fused-ring (bicyclic) bond motifs is 2. The van der Waals surface area contributed by atoms with Gasteiger partial charge in [0.05, 0.1) is 5.54 Å². The Morgan fingerprint density at radius 2 is 1.81 bits per heavy atom. The molecule has 0 spiro atoms. The molecule has 1 saturated heterocycles. The first kappa shape index (κ1) is 20.3. The van der Waals surface area contributed by atoms with Crippen LogP contribution < -0.4 is 5.32 Å². The van der Waals surface area contributed by atoms with Gasteiger partial charge < -0.3 is 19.5 Å². The highest BCUT2D eigenvalue weighted by Gasteiger charge is 2.61. The number of rotatable bonds is 4. The molecule has 2 aromatic rings. The Kier molecular flexibility index (Phi) is 4.40. The molecule has 2 aliphatic carbocycles. The molecule has 2 heterocycles. The number of para-hydroxylation sites is 1. The van der Waals surface area contributed by atoms with Gasteiger partial charge in [0.25, 0.3) is 0 Å². The Labute approximate surface area is 182 Å². The van der Waals surface area contributed by atoms with Crippen molar-refractivity contribution in [2.24, 2.45) is 17.8 Å². The molecule has 5 rings (SSSR count). The molecule has 1 aromatic heterocycles. The van der Waals surface area contributed by atoms with E-state index < -0.39 is 11.1 Å². The number of hydrogen-bond donors (Lipinski definition) is 1. The SMILES string of the molecule is CC(C)(C)OC(=O)N1C[C@@H]2C(C(=O)NC(C)(C)c3noc4c(C5CC5)cccc34)[C@@H]2C1. The van der Waals surface area contributed by atoms with Crippen molar-refractivity contribution in [3.63, 3.8) is 0 Å². The average Bonchev–Trinajstić information content (AvgIpc) is 3.53. The van der Waals surface area contributed by atoms with E-state index >= 15 is 0 Å². The van der Waals surface area contributed by atoms with Crippen LogP contribution in [0.1, 0.15) is 64.6 Å². The monoisotopic (exact) mass is 425 g/mol. The first-order chi connectivity index (χ1) is 14.5. The number of nitrogens with one attached hydrogen (secondary N) is 1. The minimum absolute atomic E-state index is 0.0262. The van der Waals surface area contributed by atoms with Crippen LogP contribution in [-0.4, -0.2) is 40.7 Å². The van der Waals surface area contributed by atoms with Crippen LogP contribution in [0, 0.1) is 17.8 Å². The molecule has 0 bridgehead atoms. The minimum Gasteiger partial charge on any atom is -0.444 e. The topological polar surface area (TPSA) is 84.7 Å². The summed E-state index contributed by atoms with van der Waals surface area (Å²) in [6.07, 6.45) is 2.10. The van der Waals surface area contributed by atoms with Gasteiger partial charge in [-0.15, -0.1) is 0 Å². The summed E-state index contributed by atoms with van der Waals surface area (Å²) in [5.74, 6) is 0.954. The van der Waals surface area contributed by atoms with Crippen LogP contribution in [0.3, 0.4) is 0 Å². The average molecular weight is 426 g/mol. The molecule has 7 heteroatoms. The quantitative estimate of drug-likeness (QED) is 0.795. The lowest BCUT2D eigenvalue weighted by molar-refractivity contribution is -0.125. The smallest absolute Gasteiger partial charge is 0.410 e. The lowest BCUT2D eigenvalue weighted by Gasteiger charge is -2.27. The highest BCUT2D eigenvalue weighted by molar-refractivity contribution is 5.87. The fourth-order valence-electron chi connectivity index (χ4n) is 4.99. The molecule has 3 atom stereocenters. The first-order valence-electron chi connectivity index (χ1n) is 11.2. The van der Waals surface area contributed by atoms with Crippen molar-refractivity contribution in [1.29, 1.82) is 0 Å². The maximum atomic E-state index is 13.1. The molecule has 3 aliphatic rings. The van der Waals surface area contributed by atoms with E-state index in [-0.39, 0.29) is 29.8 Å². The number of carbonyl (C=O) groups excluding carboxylic acids is 2. The second-order valence-corrected chi connectivity index (χ2v) is 10.9. The molecule has 1 aliphatic heterocycles. The van der Waals surface area contributed by atoms with Crippen LogP contribution >= 0.6 is 0 Å². The van der Waals surface area contributed by atoms with Gasteiger partial charge in [-0.2, -0.15) is 0 Å². The maximum absolute atomic E-state index is 13.1. The second kappa shape index (κ2) is 6.71. The summed E-state index contributed by atoms with van der Waals surface area (Å²) in [5, 5.41) is 8.52. The Morgan fingerprint density at radius 1 is 1.13 bits per heavy atom. The molecule has 1 unspecified atom stereocenters. The van der Waals surface area contributed by atoms with E-state index in [0.717, 1.165) is 16.7 Å².